The summed E-state index contributed by atoms with van der Waals surface area (Å²) in [6.07, 6.45) is 8.15. The van der Waals surface area contributed by atoms with Crippen molar-refractivity contribution in [1.82, 2.24) is 0 Å². The highest BCUT2D eigenvalue weighted by Gasteiger charge is 2.17. The second-order valence-corrected chi connectivity index (χ2v) is 8.94. The molecule has 0 atom stereocenters. The fourth-order valence-electron chi connectivity index (χ4n) is 4.17. The van der Waals surface area contributed by atoms with E-state index in [1.165, 1.54) is 0 Å². The third-order valence-corrected chi connectivity index (χ3v) is 6.05. The first-order chi connectivity index (χ1) is 18.4. The van der Waals surface area contributed by atoms with E-state index in [2.05, 4.69) is 42.7 Å². The Kier molecular flexibility index (Phi) is 10.0. The molecule has 0 aliphatic heterocycles. The zero-order valence-corrected chi connectivity index (χ0v) is 23.5. The van der Waals surface area contributed by atoms with Gasteiger partial charge in [-0.3, -0.25) is 0 Å². The average Bonchev–Trinajstić information content (AvgIpc) is 2.94. The number of rotatable bonds is 12. The number of pyridine rings is 1. The van der Waals surface area contributed by atoms with Gasteiger partial charge in [-0.25, -0.2) is 0 Å². The number of nitrogens with zero attached hydrogens (tertiary/aromatic N) is 1. The van der Waals surface area contributed by atoms with E-state index in [0.29, 0.717) is 40.4 Å². The van der Waals surface area contributed by atoms with Gasteiger partial charge in [0.1, 0.15) is 34.5 Å². The third kappa shape index (κ3) is 6.59. The molecule has 0 aliphatic carbocycles. The van der Waals surface area contributed by atoms with Crippen molar-refractivity contribution in [3.05, 3.63) is 65.0 Å². The van der Waals surface area contributed by atoms with Crippen LogP contribution in [0, 0.1) is 5.92 Å². The number of benzene rings is 2. The smallest absolute Gasteiger partial charge is 0.205 e. The van der Waals surface area contributed by atoms with E-state index in [0.717, 1.165) is 29.1 Å². The SMILES string of the molecule is COc1cc(OC)c(/C=C/c2cccc(/C=C/c3c(OC)cc(OC)cc3OC)[n+]2CC(C)C)c(OC)c1. The maximum Gasteiger partial charge on any atom is 0.205 e. The van der Waals surface area contributed by atoms with Gasteiger partial charge in [-0.2, -0.15) is 4.57 Å². The summed E-state index contributed by atoms with van der Waals surface area (Å²) in [6, 6.07) is 13.6. The first-order valence-electron chi connectivity index (χ1n) is 12.4. The topological polar surface area (TPSA) is 59.3 Å². The number of hydrogen-bond donors (Lipinski definition) is 0. The number of aromatic nitrogens is 1. The van der Waals surface area contributed by atoms with Crippen molar-refractivity contribution >= 4 is 24.3 Å². The molecule has 0 saturated heterocycles. The van der Waals surface area contributed by atoms with E-state index < -0.39 is 0 Å². The fraction of sp³-hybridized carbons (Fsp3) is 0.323. The Labute approximate surface area is 225 Å². The van der Waals surface area contributed by atoms with Crippen molar-refractivity contribution in [2.45, 2.75) is 20.4 Å². The summed E-state index contributed by atoms with van der Waals surface area (Å²) in [5.41, 5.74) is 3.74. The highest BCUT2D eigenvalue weighted by atomic mass is 16.5. The van der Waals surface area contributed by atoms with Gasteiger partial charge in [0.05, 0.1) is 53.8 Å². The Balaban J connectivity index is 2.09. The highest BCUT2D eigenvalue weighted by Crippen LogP contribution is 2.36. The van der Waals surface area contributed by atoms with Crippen LogP contribution in [-0.2, 0) is 6.54 Å². The molecular formula is C31H38NO6+. The molecule has 0 bridgehead atoms. The summed E-state index contributed by atoms with van der Waals surface area (Å²) in [4.78, 5) is 0. The molecule has 0 spiro atoms. The molecule has 0 amide bonds. The molecule has 7 nitrogen and oxygen atoms in total. The summed E-state index contributed by atoms with van der Waals surface area (Å²) in [6.45, 7) is 5.23. The van der Waals surface area contributed by atoms with Crippen LogP contribution in [0.3, 0.4) is 0 Å². The highest BCUT2D eigenvalue weighted by molar-refractivity contribution is 5.77. The second kappa shape index (κ2) is 13.4. The summed E-state index contributed by atoms with van der Waals surface area (Å²) in [5.74, 6) is 4.44. The molecule has 0 fully saturated rings. The van der Waals surface area contributed by atoms with Crippen LogP contribution in [-0.4, -0.2) is 42.7 Å². The van der Waals surface area contributed by atoms with Gasteiger partial charge in [-0.15, -0.1) is 0 Å². The lowest BCUT2D eigenvalue weighted by Crippen LogP contribution is -2.42. The Morgan fingerprint density at radius 2 is 0.947 bits per heavy atom. The minimum absolute atomic E-state index is 0.428. The van der Waals surface area contributed by atoms with Crippen LogP contribution >= 0.6 is 0 Å². The summed E-state index contributed by atoms with van der Waals surface area (Å²) >= 11 is 0. The lowest BCUT2D eigenvalue weighted by Gasteiger charge is -2.13. The molecule has 0 saturated carbocycles. The normalized spacial score (nSPS) is 11.3. The third-order valence-electron chi connectivity index (χ3n) is 6.05. The van der Waals surface area contributed by atoms with Crippen LogP contribution < -0.4 is 33.0 Å². The van der Waals surface area contributed by atoms with Gasteiger partial charge in [0.15, 0.2) is 6.54 Å². The van der Waals surface area contributed by atoms with E-state index in [4.69, 9.17) is 28.4 Å². The van der Waals surface area contributed by atoms with Gasteiger partial charge >= 0.3 is 0 Å². The summed E-state index contributed by atoms with van der Waals surface area (Å²) in [7, 11) is 9.79. The van der Waals surface area contributed by atoms with Crippen molar-refractivity contribution in [3.63, 3.8) is 0 Å². The molecule has 202 valence electrons. The predicted molar refractivity (Wildman–Crippen MR) is 152 cm³/mol. The van der Waals surface area contributed by atoms with Crippen molar-refractivity contribution < 1.29 is 33.0 Å². The zero-order chi connectivity index (χ0) is 27.7. The standard InChI is InChI=1S/C31H38NO6/c1-21(2)20-32-22(12-14-26-28(35-5)16-24(33-3)17-29(26)36-6)10-9-11-23(32)13-15-27-30(37-7)18-25(34-4)19-31(27)38-8/h9-19,21H,20H2,1-8H3/q+1/b14-12+,15-13+. The van der Waals surface area contributed by atoms with Crippen molar-refractivity contribution in [3.8, 4) is 34.5 Å². The van der Waals surface area contributed by atoms with Crippen molar-refractivity contribution in [2.75, 3.05) is 42.7 Å². The summed E-state index contributed by atoms with van der Waals surface area (Å²) < 4.78 is 35.5. The van der Waals surface area contributed by atoms with E-state index in [-0.39, 0.29) is 0 Å². The molecule has 38 heavy (non-hydrogen) atoms. The molecule has 7 heteroatoms. The van der Waals surface area contributed by atoms with Gasteiger partial charge in [0.25, 0.3) is 0 Å². The van der Waals surface area contributed by atoms with Gasteiger partial charge < -0.3 is 28.4 Å². The van der Waals surface area contributed by atoms with Crippen LogP contribution in [0.4, 0.5) is 0 Å². The molecule has 3 aromatic rings. The van der Waals surface area contributed by atoms with Gasteiger partial charge in [-0.05, 0) is 18.2 Å². The largest absolute Gasteiger partial charge is 0.496 e. The van der Waals surface area contributed by atoms with E-state index in [1.807, 2.05) is 42.5 Å². The van der Waals surface area contributed by atoms with Crippen molar-refractivity contribution in [1.29, 1.82) is 0 Å². The zero-order valence-electron chi connectivity index (χ0n) is 23.5. The number of hydrogen-bond acceptors (Lipinski definition) is 6. The van der Waals surface area contributed by atoms with E-state index in [9.17, 15) is 0 Å². The maximum absolute atomic E-state index is 5.62. The Hall–Kier alpha value is -4.13. The maximum atomic E-state index is 5.62. The average molecular weight is 521 g/mol. The molecule has 1 heterocycles. The lowest BCUT2D eigenvalue weighted by atomic mass is 10.1. The van der Waals surface area contributed by atoms with Crippen LogP contribution in [0.25, 0.3) is 24.3 Å². The monoisotopic (exact) mass is 520 g/mol. The molecule has 2 aromatic carbocycles. The molecule has 0 aliphatic rings. The lowest BCUT2D eigenvalue weighted by molar-refractivity contribution is -0.705. The van der Waals surface area contributed by atoms with Gasteiger partial charge in [0.2, 0.25) is 11.4 Å². The summed E-state index contributed by atoms with van der Waals surface area (Å²) in [5, 5.41) is 0. The molecule has 0 N–H and O–H groups in total. The van der Waals surface area contributed by atoms with Crippen molar-refractivity contribution in [2.24, 2.45) is 5.92 Å². The Morgan fingerprint density at radius 1 is 0.579 bits per heavy atom. The first kappa shape index (κ1) is 28.4. The number of ether oxygens (including phenoxy) is 6. The molecule has 0 unspecified atom stereocenters. The minimum Gasteiger partial charge on any atom is -0.496 e. The van der Waals surface area contributed by atoms with Gasteiger partial charge in [-0.1, -0.05) is 13.8 Å². The van der Waals surface area contributed by atoms with E-state index in [1.54, 1.807) is 42.7 Å². The first-order valence-corrected chi connectivity index (χ1v) is 12.4. The molecular weight excluding hydrogens is 482 g/mol. The predicted octanol–water partition coefficient (Wildman–Crippen LogP) is 6.02. The molecule has 0 radical (unpaired) electrons. The number of methoxy groups -OCH3 is 6. The van der Waals surface area contributed by atoms with Crippen LogP contribution in [0.5, 0.6) is 34.5 Å². The van der Waals surface area contributed by atoms with Gasteiger partial charge in [0, 0.05) is 54.5 Å². The second-order valence-electron chi connectivity index (χ2n) is 8.94. The van der Waals surface area contributed by atoms with Crippen LogP contribution in [0.2, 0.25) is 0 Å². The minimum atomic E-state index is 0.428. The van der Waals surface area contributed by atoms with Crippen LogP contribution in [0.1, 0.15) is 36.4 Å². The Morgan fingerprint density at radius 3 is 1.24 bits per heavy atom. The van der Waals surface area contributed by atoms with E-state index >= 15 is 0 Å². The Bertz CT molecular complexity index is 1150. The quantitative estimate of drug-likeness (QED) is 0.272. The molecule has 1 aromatic heterocycles. The fourth-order valence-corrected chi connectivity index (χ4v) is 4.17. The molecule has 3 rings (SSSR count). The van der Waals surface area contributed by atoms with Crippen LogP contribution in [0.15, 0.2) is 42.5 Å².